The predicted octanol–water partition coefficient (Wildman–Crippen LogP) is 3.07. The Morgan fingerprint density at radius 1 is 1.18 bits per heavy atom. The summed E-state index contributed by atoms with van der Waals surface area (Å²) < 4.78 is 36.3. The fourth-order valence-corrected chi connectivity index (χ4v) is 2.46. The lowest BCUT2D eigenvalue weighted by Crippen LogP contribution is -2.32. The maximum atomic E-state index is 12.1. The van der Waals surface area contributed by atoms with Gasteiger partial charge in [0, 0.05) is 12.5 Å². The van der Waals surface area contributed by atoms with E-state index < -0.39 is 12.6 Å². The topological polar surface area (TPSA) is 26.0 Å². The highest BCUT2D eigenvalue weighted by Gasteiger charge is 2.31. The number of alkyl halides is 3. The van der Waals surface area contributed by atoms with Gasteiger partial charge in [-0.15, -0.1) is 0 Å². The van der Waals surface area contributed by atoms with Gasteiger partial charge < -0.3 is 5.73 Å². The highest BCUT2D eigenvalue weighted by Crippen LogP contribution is 2.31. The van der Waals surface area contributed by atoms with Crippen LogP contribution in [0.4, 0.5) is 13.2 Å². The molecular weight excluding hydrogens is 227 g/mol. The third-order valence-electron chi connectivity index (χ3n) is 3.45. The van der Waals surface area contributed by atoms with Crippen LogP contribution in [-0.4, -0.2) is 12.2 Å². The average molecular weight is 243 g/mol. The molecule has 1 aliphatic rings. The first kappa shape index (κ1) is 12.4. The van der Waals surface area contributed by atoms with Crippen molar-refractivity contribution in [3.63, 3.8) is 0 Å². The van der Waals surface area contributed by atoms with Crippen molar-refractivity contribution in [3.05, 3.63) is 35.4 Å². The van der Waals surface area contributed by atoms with Crippen molar-refractivity contribution in [1.82, 2.24) is 0 Å². The lowest BCUT2D eigenvalue weighted by Gasteiger charge is -2.19. The monoisotopic (exact) mass is 243 g/mol. The molecule has 2 N–H and O–H groups in total. The highest BCUT2D eigenvalue weighted by molar-refractivity contribution is 5.32. The molecule has 0 aromatic heterocycles. The molecule has 1 nitrogen and oxygen atoms in total. The van der Waals surface area contributed by atoms with E-state index in [1.54, 1.807) is 0 Å². The fourth-order valence-electron chi connectivity index (χ4n) is 2.46. The van der Waals surface area contributed by atoms with E-state index >= 15 is 0 Å². The largest absolute Gasteiger partial charge is 0.389 e. The summed E-state index contributed by atoms with van der Waals surface area (Å²) in [5.74, 6) is 0.162. The molecule has 17 heavy (non-hydrogen) atoms. The summed E-state index contributed by atoms with van der Waals surface area (Å²) in [4.78, 5) is 0. The van der Waals surface area contributed by atoms with E-state index in [2.05, 4.69) is 0 Å². The third kappa shape index (κ3) is 3.22. The molecule has 0 amide bonds. The number of hydrogen-bond donors (Lipinski definition) is 1. The molecule has 1 atom stereocenters. The minimum Gasteiger partial charge on any atom is -0.327 e. The zero-order valence-corrected chi connectivity index (χ0v) is 9.50. The first-order valence-corrected chi connectivity index (χ1v) is 5.85. The molecule has 0 aliphatic heterocycles. The Balaban J connectivity index is 1.90. The Labute approximate surface area is 98.8 Å². The van der Waals surface area contributed by atoms with Gasteiger partial charge in [-0.25, -0.2) is 0 Å². The van der Waals surface area contributed by atoms with E-state index in [0.717, 1.165) is 12.8 Å². The van der Waals surface area contributed by atoms with Gasteiger partial charge >= 0.3 is 6.18 Å². The number of hydrogen-bond acceptors (Lipinski definition) is 1. The quantitative estimate of drug-likeness (QED) is 0.867. The molecular formula is C13H16F3N. The SMILES string of the molecule is NC(CCC(F)(F)F)C1Cc2ccccc2C1. The first-order valence-electron chi connectivity index (χ1n) is 5.85. The highest BCUT2D eigenvalue weighted by atomic mass is 19.4. The molecule has 1 aliphatic carbocycles. The van der Waals surface area contributed by atoms with Crippen molar-refractivity contribution >= 4 is 0 Å². The number of halogens is 3. The fraction of sp³-hybridized carbons (Fsp3) is 0.538. The number of rotatable bonds is 3. The summed E-state index contributed by atoms with van der Waals surface area (Å²) in [6, 6.07) is 7.63. The van der Waals surface area contributed by atoms with E-state index in [9.17, 15) is 13.2 Å². The van der Waals surface area contributed by atoms with Gasteiger partial charge in [-0.1, -0.05) is 24.3 Å². The zero-order valence-electron chi connectivity index (χ0n) is 9.50. The predicted molar refractivity (Wildman–Crippen MR) is 60.6 cm³/mol. The molecule has 4 heteroatoms. The molecule has 0 heterocycles. The van der Waals surface area contributed by atoms with Gasteiger partial charge in [-0.2, -0.15) is 13.2 Å². The smallest absolute Gasteiger partial charge is 0.327 e. The van der Waals surface area contributed by atoms with Crippen molar-refractivity contribution in [1.29, 1.82) is 0 Å². The van der Waals surface area contributed by atoms with E-state index in [4.69, 9.17) is 5.73 Å². The van der Waals surface area contributed by atoms with E-state index in [1.807, 2.05) is 24.3 Å². The van der Waals surface area contributed by atoms with Crippen LogP contribution in [0.15, 0.2) is 24.3 Å². The van der Waals surface area contributed by atoms with Crippen molar-refractivity contribution in [2.75, 3.05) is 0 Å². The van der Waals surface area contributed by atoms with Crippen LogP contribution in [0, 0.1) is 5.92 Å². The van der Waals surface area contributed by atoms with Crippen LogP contribution in [0.3, 0.4) is 0 Å². The summed E-state index contributed by atoms with van der Waals surface area (Å²) in [5, 5.41) is 0. The molecule has 2 rings (SSSR count). The minimum absolute atomic E-state index is 0.0299. The molecule has 0 fully saturated rings. The summed E-state index contributed by atoms with van der Waals surface area (Å²) >= 11 is 0. The van der Waals surface area contributed by atoms with Gasteiger partial charge in [0.15, 0.2) is 0 Å². The van der Waals surface area contributed by atoms with Crippen molar-refractivity contribution < 1.29 is 13.2 Å². The van der Waals surface area contributed by atoms with Gasteiger partial charge in [0.1, 0.15) is 0 Å². The lowest BCUT2D eigenvalue weighted by molar-refractivity contribution is -0.136. The molecule has 0 saturated carbocycles. The number of fused-ring (bicyclic) bond motifs is 1. The summed E-state index contributed by atoms with van der Waals surface area (Å²) in [7, 11) is 0. The lowest BCUT2D eigenvalue weighted by atomic mass is 9.93. The standard InChI is InChI=1S/C13H16F3N/c14-13(15,16)6-5-12(17)11-7-9-3-1-2-4-10(9)8-11/h1-4,11-12H,5-8,17H2. The van der Waals surface area contributed by atoms with Crippen LogP contribution < -0.4 is 5.73 Å². The van der Waals surface area contributed by atoms with Gasteiger partial charge in [0.05, 0.1) is 0 Å². The zero-order chi connectivity index (χ0) is 12.5. The Kier molecular flexibility index (Phi) is 3.43. The van der Waals surface area contributed by atoms with Crippen LogP contribution >= 0.6 is 0 Å². The Bertz CT molecular complexity index is 361. The van der Waals surface area contributed by atoms with Crippen LogP contribution in [0.1, 0.15) is 24.0 Å². The summed E-state index contributed by atoms with van der Waals surface area (Å²) in [5.41, 5.74) is 8.34. The van der Waals surface area contributed by atoms with Gasteiger partial charge in [0.2, 0.25) is 0 Å². The average Bonchev–Trinajstić information content (AvgIpc) is 2.68. The van der Waals surface area contributed by atoms with Crippen LogP contribution in [-0.2, 0) is 12.8 Å². The number of benzene rings is 1. The first-order chi connectivity index (χ1) is 7.96. The van der Waals surface area contributed by atoms with Crippen LogP contribution in [0.2, 0.25) is 0 Å². The van der Waals surface area contributed by atoms with Gasteiger partial charge in [-0.3, -0.25) is 0 Å². The second-order valence-electron chi connectivity index (χ2n) is 4.75. The van der Waals surface area contributed by atoms with E-state index in [-0.39, 0.29) is 18.4 Å². The minimum atomic E-state index is -4.09. The molecule has 0 bridgehead atoms. The maximum Gasteiger partial charge on any atom is 0.389 e. The summed E-state index contributed by atoms with van der Waals surface area (Å²) in [6.45, 7) is 0. The van der Waals surface area contributed by atoms with Crippen molar-refractivity contribution in [2.45, 2.75) is 37.9 Å². The molecule has 0 spiro atoms. The van der Waals surface area contributed by atoms with E-state index in [0.29, 0.717) is 0 Å². The Morgan fingerprint density at radius 3 is 2.18 bits per heavy atom. The maximum absolute atomic E-state index is 12.1. The molecule has 0 saturated heterocycles. The van der Waals surface area contributed by atoms with Gasteiger partial charge in [0.25, 0.3) is 0 Å². The van der Waals surface area contributed by atoms with Crippen LogP contribution in [0.25, 0.3) is 0 Å². The second-order valence-corrected chi connectivity index (χ2v) is 4.75. The van der Waals surface area contributed by atoms with Crippen molar-refractivity contribution in [2.24, 2.45) is 11.7 Å². The Morgan fingerprint density at radius 2 is 1.71 bits per heavy atom. The van der Waals surface area contributed by atoms with Crippen LogP contribution in [0.5, 0.6) is 0 Å². The molecule has 1 aromatic carbocycles. The normalized spacial score (nSPS) is 18.1. The summed E-state index contributed by atoms with van der Waals surface area (Å²) in [6.07, 6.45) is -3.21. The Hall–Kier alpha value is -1.03. The van der Waals surface area contributed by atoms with Crippen molar-refractivity contribution in [3.8, 4) is 0 Å². The van der Waals surface area contributed by atoms with Gasteiger partial charge in [-0.05, 0) is 36.3 Å². The molecule has 1 unspecified atom stereocenters. The number of nitrogens with two attached hydrogens (primary N) is 1. The molecule has 94 valence electrons. The van der Waals surface area contributed by atoms with E-state index in [1.165, 1.54) is 11.1 Å². The molecule has 1 aromatic rings. The molecule has 0 radical (unpaired) electrons. The third-order valence-corrected chi connectivity index (χ3v) is 3.45. The second kappa shape index (κ2) is 4.69.